The third kappa shape index (κ3) is 5.26. The Morgan fingerprint density at radius 1 is 1.10 bits per heavy atom. The monoisotopic (exact) mass is 471 g/mol. The number of nitrogens with one attached hydrogen (secondary N) is 1. The summed E-state index contributed by atoms with van der Waals surface area (Å²) in [6, 6.07) is 12.1. The van der Waals surface area contributed by atoms with Crippen LogP contribution in [0.25, 0.3) is 16.9 Å². The highest BCUT2D eigenvalue weighted by molar-refractivity contribution is 7.90. The molecule has 1 aromatic heterocycles. The van der Waals surface area contributed by atoms with E-state index in [-0.39, 0.29) is 22.7 Å². The molecule has 31 heavy (non-hydrogen) atoms. The molecular weight excluding hydrogens is 455 g/mol. The number of hydrogen-bond donors (Lipinski definition) is 1. The first-order valence-corrected chi connectivity index (χ1v) is 11.0. The van der Waals surface area contributed by atoms with Crippen molar-refractivity contribution in [3.05, 3.63) is 65.3 Å². The molecule has 0 radical (unpaired) electrons. The summed E-state index contributed by atoms with van der Waals surface area (Å²) in [5.41, 5.74) is -0.299. The molecule has 1 amide bonds. The van der Waals surface area contributed by atoms with E-state index < -0.39 is 27.8 Å². The van der Waals surface area contributed by atoms with Crippen molar-refractivity contribution in [3.63, 3.8) is 0 Å². The van der Waals surface area contributed by atoms with Crippen molar-refractivity contribution in [1.29, 1.82) is 0 Å². The number of amides is 1. The van der Waals surface area contributed by atoms with Crippen LogP contribution < -0.4 is 4.72 Å². The number of sulfonamides is 1. The normalized spacial score (nSPS) is 12.0. The fraction of sp³-hybridized carbons (Fsp3) is 0.200. The van der Waals surface area contributed by atoms with Crippen LogP contribution in [0.5, 0.6) is 0 Å². The van der Waals surface area contributed by atoms with E-state index in [0.717, 1.165) is 10.7 Å². The molecule has 6 nitrogen and oxygen atoms in total. The van der Waals surface area contributed by atoms with Crippen molar-refractivity contribution in [2.24, 2.45) is 0 Å². The quantitative estimate of drug-likeness (QED) is 0.559. The average Bonchev–Trinajstić information content (AvgIpc) is 3.14. The topological polar surface area (TPSA) is 81.1 Å². The van der Waals surface area contributed by atoms with Gasteiger partial charge in [-0.2, -0.15) is 18.3 Å². The maximum absolute atomic E-state index is 13.3. The number of hydrogen-bond acceptors (Lipinski definition) is 4. The molecule has 0 spiro atoms. The lowest BCUT2D eigenvalue weighted by Crippen LogP contribution is -2.30. The molecule has 0 aliphatic carbocycles. The zero-order valence-corrected chi connectivity index (χ0v) is 17.7. The van der Waals surface area contributed by atoms with E-state index in [9.17, 15) is 26.4 Å². The zero-order valence-electron chi connectivity index (χ0n) is 16.1. The van der Waals surface area contributed by atoms with Crippen LogP contribution in [0.2, 0.25) is 5.02 Å². The summed E-state index contributed by atoms with van der Waals surface area (Å²) < 4.78 is 67.4. The minimum Gasteiger partial charge on any atom is -0.274 e. The van der Waals surface area contributed by atoms with E-state index in [1.807, 2.05) is 4.72 Å². The van der Waals surface area contributed by atoms with E-state index in [1.165, 1.54) is 36.4 Å². The molecule has 0 saturated carbocycles. The van der Waals surface area contributed by atoms with Crippen LogP contribution in [-0.4, -0.2) is 24.1 Å². The molecule has 0 atom stereocenters. The average molecular weight is 472 g/mol. The van der Waals surface area contributed by atoms with Gasteiger partial charge in [0.2, 0.25) is 5.91 Å². The summed E-state index contributed by atoms with van der Waals surface area (Å²) in [4.78, 5) is 11.4. The Kier molecular flexibility index (Phi) is 6.42. The van der Waals surface area contributed by atoms with Gasteiger partial charge in [-0.3, -0.25) is 4.79 Å². The number of nitrogens with zero attached hydrogens (tertiary/aromatic N) is 2. The first-order chi connectivity index (χ1) is 14.5. The van der Waals surface area contributed by atoms with E-state index in [4.69, 9.17) is 11.6 Å². The standard InChI is InChI=1S/C20H17ClF3N3O3S/c1-2-3-19(28)26-31(29,30)16-10-8-15(9-11-16)27-17(12-18(25-27)20(22,23)24)13-4-6-14(21)7-5-13/h4-12H,2-3H2,1H3,(H,26,28). The van der Waals surface area contributed by atoms with Crippen LogP contribution in [0.1, 0.15) is 25.5 Å². The van der Waals surface area contributed by atoms with Crippen LogP contribution >= 0.6 is 11.6 Å². The number of aromatic nitrogens is 2. The van der Waals surface area contributed by atoms with Crippen molar-refractivity contribution in [3.8, 4) is 16.9 Å². The number of rotatable bonds is 6. The van der Waals surface area contributed by atoms with Gasteiger partial charge in [0.15, 0.2) is 5.69 Å². The molecule has 0 aliphatic rings. The van der Waals surface area contributed by atoms with Gasteiger partial charge in [0.05, 0.1) is 16.3 Å². The maximum Gasteiger partial charge on any atom is 0.435 e. The van der Waals surface area contributed by atoms with Crippen molar-refractivity contribution < 1.29 is 26.4 Å². The van der Waals surface area contributed by atoms with E-state index in [1.54, 1.807) is 19.1 Å². The Morgan fingerprint density at radius 3 is 2.26 bits per heavy atom. The van der Waals surface area contributed by atoms with Gasteiger partial charge in [0.25, 0.3) is 10.0 Å². The molecule has 164 valence electrons. The van der Waals surface area contributed by atoms with Crippen molar-refractivity contribution in [1.82, 2.24) is 14.5 Å². The van der Waals surface area contributed by atoms with Gasteiger partial charge in [-0.25, -0.2) is 17.8 Å². The van der Waals surface area contributed by atoms with Gasteiger partial charge >= 0.3 is 6.18 Å². The van der Waals surface area contributed by atoms with Crippen molar-refractivity contribution in [2.75, 3.05) is 0 Å². The Balaban J connectivity index is 2.01. The molecule has 0 aliphatic heterocycles. The largest absolute Gasteiger partial charge is 0.435 e. The van der Waals surface area contributed by atoms with E-state index in [0.29, 0.717) is 17.0 Å². The SMILES string of the molecule is CCCC(=O)NS(=O)(=O)c1ccc(-n2nc(C(F)(F)F)cc2-c2ccc(Cl)cc2)cc1. The molecular formula is C20H17ClF3N3O3S. The minimum atomic E-state index is -4.67. The number of benzene rings is 2. The molecule has 0 bridgehead atoms. The second-order valence-electron chi connectivity index (χ2n) is 6.60. The summed E-state index contributed by atoms with van der Waals surface area (Å²) >= 11 is 5.86. The highest BCUT2D eigenvalue weighted by Crippen LogP contribution is 2.33. The van der Waals surface area contributed by atoms with Crippen LogP contribution in [0.4, 0.5) is 13.2 Å². The van der Waals surface area contributed by atoms with Crippen LogP contribution in [-0.2, 0) is 21.0 Å². The zero-order chi connectivity index (χ0) is 22.8. The minimum absolute atomic E-state index is 0.0509. The lowest BCUT2D eigenvalue weighted by atomic mass is 10.1. The molecule has 1 N–H and O–H groups in total. The van der Waals surface area contributed by atoms with Gasteiger partial charge < -0.3 is 0 Å². The highest BCUT2D eigenvalue weighted by atomic mass is 35.5. The molecule has 2 aromatic carbocycles. The van der Waals surface area contributed by atoms with Gasteiger partial charge in [-0.1, -0.05) is 30.7 Å². The van der Waals surface area contributed by atoms with Gasteiger partial charge in [-0.15, -0.1) is 0 Å². The summed E-state index contributed by atoms with van der Waals surface area (Å²) in [7, 11) is -4.09. The number of carbonyl (C=O) groups is 1. The number of alkyl halides is 3. The summed E-state index contributed by atoms with van der Waals surface area (Å²) in [5, 5.41) is 4.08. The summed E-state index contributed by atoms with van der Waals surface area (Å²) in [6.45, 7) is 1.73. The number of halogens is 4. The lowest BCUT2D eigenvalue weighted by Gasteiger charge is -2.10. The van der Waals surface area contributed by atoms with Crippen LogP contribution in [0.3, 0.4) is 0 Å². The fourth-order valence-corrected chi connectivity index (χ4v) is 3.94. The van der Waals surface area contributed by atoms with E-state index >= 15 is 0 Å². The predicted octanol–water partition coefficient (Wildman–Crippen LogP) is 4.82. The van der Waals surface area contributed by atoms with Crippen molar-refractivity contribution >= 4 is 27.5 Å². The van der Waals surface area contributed by atoms with Gasteiger partial charge in [-0.05, 0) is 48.9 Å². The summed E-state index contributed by atoms with van der Waals surface area (Å²) in [6.07, 6.45) is -4.14. The van der Waals surface area contributed by atoms with Crippen LogP contribution in [0.15, 0.2) is 59.5 Å². The fourth-order valence-electron chi connectivity index (χ4n) is 2.80. The predicted molar refractivity (Wildman–Crippen MR) is 109 cm³/mol. The molecule has 11 heteroatoms. The molecule has 1 heterocycles. The lowest BCUT2D eigenvalue weighted by molar-refractivity contribution is -0.141. The third-order valence-electron chi connectivity index (χ3n) is 4.26. The second-order valence-corrected chi connectivity index (χ2v) is 8.72. The second kappa shape index (κ2) is 8.72. The van der Waals surface area contributed by atoms with E-state index in [2.05, 4.69) is 5.10 Å². The Labute approximate surface area is 181 Å². The van der Waals surface area contributed by atoms with Crippen LogP contribution in [0, 0.1) is 0 Å². The highest BCUT2D eigenvalue weighted by Gasteiger charge is 2.35. The third-order valence-corrected chi connectivity index (χ3v) is 5.90. The number of carbonyl (C=O) groups excluding carboxylic acids is 1. The Hall–Kier alpha value is -2.85. The molecule has 0 unspecified atom stereocenters. The van der Waals surface area contributed by atoms with Gasteiger partial charge in [0, 0.05) is 17.0 Å². The first-order valence-electron chi connectivity index (χ1n) is 9.10. The van der Waals surface area contributed by atoms with Crippen molar-refractivity contribution in [2.45, 2.75) is 30.8 Å². The first kappa shape index (κ1) is 22.8. The molecule has 0 fully saturated rings. The molecule has 3 rings (SSSR count). The molecule has 3 aromatic rings. The maximum atomic E-state index is 13.3. The van der Waals surface area contributed by atoms with Gasteiger partial charge in [0.1, 0.15) is 0 Å². The summed E-state index contributed by atoms with van der Waals surface area (Å²) in [5.74, 6) is -0.640. The Bertz CT molecular complexity index is 1190. The Morgan fingerprint density at radius 2 is 1.71 bits per heavy atom. The smallest absolute Gasteiger partial charge is 0.274 e. The molecule has 0 saturated heterocycles.